The van der Waals surface area contributed by atoms with Crippen LogP contribution in [-0.4, -0.2) is 60.5 Å². The zero-order chi connectivity index (χ0) is 22.9. The summed E-state index contributed by atoms with van der Waals surface area (Å²) in [6.45, 7) is 5.90. The molecular weight excluding hydrogens is 458 g/mol. The molecule has 2 aliphatic rings. The van der Waals surface area contributed by atoms with Crippen LogP contribution in [0.2, 0.25) is 5.02 Å². The molecule has 2 aromatic heterocycles. The summed E-state index contributed by atoms with van der Waals surface area (Å²) in [6.07, 6.45) is 4.59. The highest BCUT2D eigenvalue weighted by Crippen LogP contribution is 2.29. The van der Waals surface area contributed by atoms with Crippen molar-refractivity contribution in [3.8, 4) is 0 Å². The van der Waals surface area contributed by atoms with E-state index < -0.39 is 10.0 Å². The van der Waals surface area contributed by atoms with E-state index in [0.717, 1.165) is 19.4 Å². The molecule has 0 unspecified atom stereocenters. The average molecular weight is 486 g/mol. The van der Waals surface area contributed by atoms with Gasteiger partial charge < -0.3 is 14.6 Å². The minimum atomic E-state index is -3.71. The van der Waals surface area contributed by atoms with Crippen LogP contribution < -0.4 is 10.9 Å². The molecule has 0 aliphatic carbocycles. The minimum absolute atomic E-state index is 0.0995. The topological polar surface area (TPSA) is 120 Å². The molecular formula is C20H28ClN5O5S. The Bertz CT molecular complexity index is 1100. The number of rotatable bonds is 6. The Labute approximate surface area is 191 Å². The highest BCUT2D eigenvalue weighted by Gasteiger charge is 2.34. The fourth-order valence-corrected chi connectivity index (χ4v) is 6.31. The van der Waals surface area contributed by atoms with Gasteiger partial charge in [0.1, 0.15) is 15.6 Å². The van der Waals surface area contributed by atoms with Crippen LogP contribution in [0, 0.1) is 19.8 Å². The number of ether oxygens (including phenoxy) is 1. The summed E-state index contributed by atoms with van der Waals surface area (Å²) < 4.78 is 39.3. The number of aryl methyl sites for hydroxylation is 2. The van der Waals surface area contributed by atoms with Crippen molar-refractivity contribution in [1.29, 1.82) is 0 Å². The van der Waals surface area contributed by atoms with Crippen LogP contribution in [0.25, 0.3) is 0 Å². The quantitative estimate of drug-likeness (QED) is 0.662. The fourth-order valence-electron chi connectivity index (χ4n) is 4.35. The molecule has 176 valence electrons. The molecule has 0 bridgehead atoms. The van der Waals surface area contributed by atoms with Gasteiger partial charge in [0.2, 0.25) is 10.0 Å². The van der Waals surface area contributed by atoms with E-state index >= 15 is 0 Å². The van der Waals surface area contributed by atoms with E-state index in [-0.39, 0.29) is 40.4 Å². The highest BCUT2D eigenvalue weighted by atomic mass is 35.5. The van der Waals surface area contributed by atoms with Gasteiger partial charge in [-0.15, -0.1) is 0 Å². The van der Waals surface area contributed by atoms with Crippen LogP contribution in [0.15, 0.2) is 20.4 Å². The summed E-state index contributed by atoms with van der Waals surface area (Å²) in [5.41, 5.74) is 0.484. The van der Waals surface area contributed by atoms with Gasteiger partial charge >= 0.3 is 0 Å². The summed E-state index contributed by atoms with van der Waals surface area (Å²) in [4.78, 5) is 13.0. The molecule has 0 spiro atoms. The van der Waals surface area contributed by atoms with Crippen molar-refractivity contribution in [2.75, 3.05) is 38.2 Å². The summed E-state index contributed by atoms with van der Waals surface area (Å²) in [7, 11) is -3.71. The summed E-state index contributed by atoms with van der Waals surface area (Å²) in [5.74, 6) is 0.656. The van der Waals surface area contributed by atoms with Crippen molar-refractivity contribution in [2.45, 2.75) is 50.5 Å². The van der Waals surface area contributed by atoms with Crippen LogP contribution in [0.5, 0.6) is 0 Å². The molecule has 4 heterocycles. The molecule has 12 heteroatoms. The first kappa shape index (κ1) is 23.2. The number of nitrogens with one attached hydrogen (secondary N) is 1. The van der Waals surface area contributed by atoms with Gasteiger partial charge in [0.15, 0.2) is 5.76 Å². The van der Waals surface area contributed by atoms with Gasteiger partial charge in [0.25, 0.3) is 5.56 Å². The predicted molar refractivity (Wildman–Crippen MR) is 119 cm³/mol. The Balaban J connectivity index is 1.42. The molecule has 32 heavy (non-hydrogen) atoms. The first-order chi connectivity index (χ1) is 15.3. The van der Waals surface area contributed by atoms with Gasteiger partial charge in [0.05, 0.1) is 24.5 Å². The van der Waals surface area contributed by atoms with Gasteiger partial charge in [-0.3, -0.25) is 4.79 Å². The van der Waals surface area contributed by atoms with Gasteiger partial charge in [-0.05, 0) is 45.4 Å². The Hall–Kier alpha value is -1.95. The summed E-state index contributed by atoms with van der Waals surface area (Å²) in [6, 6.07) is -0.225. The van der Waals surface area contributed by atoms with Crippen molar-refractivity contribution in [3.63, 3.8) is 0 Å². The van der Waals surface area contributed by atoms with Gasteiger partial charge in [0, 0.05) is 26.2 Å². The molecule has 2 fully saturated rings. The molecule has 10 nitrogen and oxygen atoms in total. The number of piperidine rings is 1. The highest BCUT2D eigenvalue weighted by molar-refractivity contribution is 7.89. The monoisotopic (exact) mass is 485 g/mol. The second-order valence-corrected chi connectivity index (χ2v) is 10.6. The minimum Gasteiger partial charge on any atom is -0.382 e. The maximum Gasteiger partial charge on any atom is 0.287 e. The van der Waals surface area contributed by atoms with E-state index in [9.17, 15) is 13.2 Å². The molecule has 0 saturated carbocycles. The van der Waals surface area contributed by atoms with Crippen molar-refractivity contribution in [3.05, 3.63) is 33.0 Å². The van der Waals surface area contributed by atoms with E-state index in [0.29, 0.717) is 43.3 Å². The lowest BCUT2D eigenvalue weighted by atomic mass is 10.0. The van der Waals surface area contributed by atoms with Crippen LogP contribution in [-0.2, 0) is 14.8 Å². The normalized spacial score (nSPS) is 21.0. The molecule has 4 rings (SSSR count). The van der Waals surface area contributed by atoms with Crippen molar-refractivity contribution in [2.24, 2.45) is 5.92 Å². The third-order valence-electron chi connectivity index (χ3n) is 6.11. The average Bonchev–Trinajstić information content (AvgIpc) is 3.14. The van der Waals surface area contributed by atoms with Crippen LogP contribution in [0.1, 0.15) is 43.2 Å². The number of hydrogen-bond donors (Lipinski definition) is 1. The first-order valence-electron chi connectivity index (χ1n) is 10.8. The van der Waals surface area contributed by atoms with Gasteiger partial charge in [-0.25, -0.2) is 13.1 Å². The lowest BCUT2D eigenvalue weighted by molar-refractivity contribution is 0.0595. The van der Waals surface area contributed by atoms with Crippen molar-refractivity contribution >= 4 is 27.3 Å². The van der Waals surface area contributed by atoms with Gasteiger partial charge in [-0.1, -0.05) is 16.8 Å². The van der Waals surface area contributed by atoms with E-state index in [1.807, 2.05) is 0 Å². The van der Waals surface area contributed by atoms with Crippen LogP contribution >= 0.6 is 11.6 Å². The molecule has 0 amide bonds. The zero-order valence-electron chi connectivity index (χ0n) is 18.2. The largest absolute Gasteiger partial charge is 0.382 e. The number of aromatic nitrogens is 3. The van der Waals surface area contributed by atoms with Gasteiger partial charge in [-0.2, -0.15) is 9.40 Å². The van der Waals surface area contributed by atoms with E-state index in [1.165, 1.54) is 8.99 Å². The molecule has 1 N–H and O–H groups in total. The fraction of sp³-hybridized carbons (Fsp3) is 0.650. The Morgan fingerprint density at radius 2 is 2.00 bits per heavy atom. The van der Waals surface area contributed by atoms with Crippen molar-refractivity contribution < 1.29 is 17.7 Å². The predicted octanol–water partition coefficient (Wildman–Crippen LogP) is 2.37. The standard InChI is InChI=1S/C20H28ClN5O5S/c1-13-19(14(2)31-24-13)32(28,29)25-7-5-16(6-8-25)26-20(27)18(21)17(11-23-26)22-10-15-4-3-9-30-12-15/h11,15-16,22H,3-10,12H2,1-2H3/t15-/m1/s1. The van der Waals surface area contributed by atoms with E-state index in [2.05, 4.69) is 15.6 Å². The van der Waals surface area contributed by atoms with E-state index in [4.69, 9.17) is 20.9 Å². The zero-order valence-corrected chi connectivity index (χ0v) is 19.8. The Kier molecular flexibility index (Phi) is 6.89. The second kappa shape index (κ2) is 9.50. The lowest BCUT2D eigenvalue weighted by Crippen LogP contribution is -2.41. The Morgan fingerprint density at radius 1 is 1.25 bits per heavy atom. The third kappa shape index (κ3) is 4.57. The summed E-state index contributed by atoms with van der Waals surface area (Å²) in [5, 5.41) is 11.4. The maximum absolute atomic E-state index is 13.0. The molecule has 1 atom stereocenters. The van der Waals surface area contributed by atoms with E-state index in [1.54, 1.807) is 20.0 Å². The lowest BCUT2D eigenvalue weighted by Gasteiger charge is -2.31. The molecule has 0 radical (unpaired) electrons. The SMILES string of the molecule is Cc1noc(C)c1S(=O)(=O)N1CCC(n2ncc(NC[C@H]3CCCOC3)c(Cl)c2=O)CC1. The number of nitrogens with zero attached hydrogens (tertiary/aromatic N) is 4. The molecule has 2 aliphatic heterocycles. The van der Waals surface area contributed by atoms with Crippen molar-refractivity contribution in [1.82, 2.24) is 19.2 Å². The molecule has 2 aromatic rings. The number of hydrogen-bond acceptors (Lipinski definition) is 8. The maximum atomic E-state index is 13.0. The molecule has 0 aromatic carbocycles. The third-order valence-corrected chi connectivity index (χ3v) is 8.62. The number of anilines is 1. The number of halogens is 1. The van der Waals surface area contributed by atoms with Crippen LogP contribution in [0.4, 0.5) is 5.69 Å². The second-order valence-electron chi connectivity index (χ2n) is 8.37. The molecule has 2 saturated heterocycles. The smallest absolute Gasteiger partial charge is 0.287 e. The van der Waals surface area contributed by atoms with Crippen LogP contribution in [0.3, 0.4) is 0 Å². The first-order valence-corrected chi connectivity index (χ1v) is 12.6. The summed E-state index contributed by atoms with van der Waals surface area (Å²) >= 11 is 6.35. The number of sulfonamides is 1. The Morgan fingerprint density at radius 3 is 2.62 bits per heavy atom.